The largest absolute Gasteiger partial charge is 0.456 e. The van der Waals surface area contributed by atoms with E-state index in [9.17, 15) is 60.8 Å². The highest BCUT2D eigenvalue weighted by molar-refractivity contribution is 6.08. The molecule has 4 aliphatic rings. The second kappa shape index (κ2) is 23.7. The first-order valence-electron chi connectivity index (χ1n) is 27.7. The van der Waals surface area contributed by atoms with Gasteiger partial charge in [-0.05, 0) is 104 Å². The zero-order valence-electron chi connectivity index (χ0n) is 47.0. The Balaban J connectivity index is 0.971. The summed E-state index contributed by atoms with van der Waals surface area (Å²) in [4.78, 5) is 77.7. The zero-order valence-corrected chi connectivity index (χ0v) is 47.0. The Hall–Kier alpha value is -9.73. The molecule has 4 heterocycles. The van der Waals surface area contributed by atoms with Crippen molar-refractivity contribution in [2.45, 2.75) is 70.2 Å². The molecule has 0 aliphatic carbocycles. The average molecular weight is 1180 g/mol. The second-order valence-electron chi connectivity index (χ2n) is 22.6. The Labute approximate surface area is 492 Å². The summed E-state index contributed by atoms with van der Waals surface area (Å²) in [6.45, 7) is 5.44. The maximum absolute atomic E-state index is 14.9. The molecule has 2 N–H and O–H groups in total. The highest BCUT2D eigenvalue weighted by atomic mass is 19.4. The van der Waals surface area contributed by atoms with Crippen LogP contribution in [0.3, 0.4) is 0 Å². The van der Waals surface area contributed by atoms with Crippen molar-refractivity contribution in [1.29, 1.82) is 10.5 Å². The van der Waals surface area contributed by atoms with Crippen molar-refractivity contribution in [1.82, 2.24) is 20.4 Å². The lowest BCUT2D eigenvalue weighted by atomic mass is 9.94. The highest BCUT2D eigenvalue weighted by Crippen LogP contribution is 2.43. The number of amides is 6. The molecular weight excluding hydrogens is 1120 g/mol. The third-order valence-electron chi connectivity index (χ3n) is 15.6. The van der Waals surface area contributed by atoms with Gasteiger partial charge in [0.2, 0.25) is 0 Å². The van der Waals surface area contributed by atoms with Crippen LogP contribution >= 0.6 is 0 Å². The quantitative estimate of drug-likeness (QED) is 0.0514. The standard InChI is InChI=1S/C65H57F6N9O6/c1-63(2,3)86-54(81)40-80(39-43-21-23-45(24-22-43)44-11-5-4-6-12-44,31-9-29-76-37-52-55(59(76)82)57(46-25-17-41(35-72)18-26-46)74-61(84)78(52)50-15-7-13-48(33-50)64(66,67)68)32-10-30-77-38-53-56(60(77)83)58(47-27-19-42(36-73)20-28-47)75-62(85)79(53)51-16-8-14-49(34-51)65(69,70)71/h4-8,11-28,33-34,57-58H,9-10,29-32,37-40H2,1-3H3,(H-,74,75,84,85)/p+1/t57-,58-/m1/s1. The minimum absolute atomic E-state index is 0.0124. The van der Waals surface area contributed by atoms with Gasteiger partial charge in [0.05, 0.1) is 107 Å². The van der Waals surface area contributed by atoms with Crippen molar-refractivity contribution >= 4 is 41.2 Å². The summed E-state index contributed by atoms with van der Waals surface area (Å²) in [5.74, 6) is -1.53. The average Bonchev–Trinajstić information content (AvgIpc) is 1.60. The lowest BCUT2D eigenvalue weighted by molar-refractivity contribution is -0.934. The molecule has 21 heteroatoms. The van der Waals surface area contributed by atoms with E-state index >= 15 is 0 Å². The lowest BCUT2D eigenvalue weighted by Gasteiger charge is -2.39. The van der Waals surface area contributed by atoms with Gasteiger partial charge >= 0.3 is 30.4 Å². The van der Waals surface area contributed by atoms with Gasteiger partial charge in [-0.25, -0.2) is 14.4 Å². The number of alkyl halides is 6. The summed E-state index contributed by atoms with van der Waals surface area (Å²) in [6, 6.07) is 39.0. The van der Waals surface area contributed by atoms with Crippen LogP contribution in [-0.4, -0.2) is 95.5 Å². The molecule has 440 valence electrons. The highest BCUT2D eigenvalue weighted by Gasteiger charge is 2.48. The van der Waals surface area contributed by atoms with Crippen molar-refractivity contribution in [2.75, 3.05) is 55.6 Å². The Morgan fingerprint density at radius 1 is 0.581 bits per heavy atom. The number of nitrogens with one attached hydrogen (secondary N) is 2. The van der Waals surface area contributed by atoms with Crippen LogP contribution in [-0.2, 0) is 38.0 Å². The van der Waals surface area contributed by atoms with E-state index in [1.165, 1.54) is 58.3 Å². The molecule has 6 aromatic carbocycles. The summed E-state index contributed by atoms with van der Waals surface area (Å²) < 4.78 is 90.8. The number of carbonyl (C=O) groups excluding carboxylic acids is 5. The smallest absolute Gasteiger partial charge is 0.416 e. The molecule has 2 atom stereocenters. The molecular formula is C65H58F6N9O6+. The van der Waals surface area contributed by atoms with E-state index in [1.54, 1.807) is 45.0 Å². The molecule has 0 spiro atoms. The van der Waals surface area contributed by atoms with Gasteiger partial charge in [0.15, 0.2) is 6.54 Å². The van der Waals surface area contributed by atoms with Crippen LogP contribution in [0, 0.1) is 22.7 Å². The van der Waals surface area contributed by atoms with Gasteiger partial charge in [0.1, 0.15) is 12.1 Å². The number of urea groups is 2. The number of carbonyl (C=O) groups is 5. The maximum Gasteiger partial charge on any atom is 0.416 e. The van der Waals surface area contributed by atoms with Crippen LogP contribution in [0.1, 0.15) is 84.6 Å². The molecule has 0 bridgehead atoms. The predicted octanol–water partition coefficient (Wildman–Crippen LogP) is 11.7. The number of nitriles is 2. The fourth-order valence-corrected chi connectivity index (χ4v) is 11.7. The summed E-state index contributed by atoms with van der Waals surface area (Å²) >= 11 is 0. The van der Waals surface area contributed by atoms with Crippen molar-refractivity contribution in [3.05, 3.63) is 213 Å². The number of halogens is 6. The summed E-state index contributed by atoms with van der Waals surface area (Å²) in [5.41, 5.74) is 1.71. The Kier molecular flexibility index (Phi) is 16.4. The first-order valence-corrected chi connectivity index (χ1v) is 27.7. The third kappa shape index (κ3) is 12.7. The zero-order chi connectivity index (χ0) is 61.3. The van der Waals surface area contributed by atoms with E-state index in [2.05, 4.69) is 10.6 Å². The first-order chi connectivity index (χ1) is 40.9. The molecule has 10 rings (SSSR count). The van der Waals surface area contributed by atoms with Gasteiger partial charge in [0.25, 0.3) is 11.8 Å². The molecule has 15 nitrogen and oxygen atoms in total. The first kappa shape index (κ1) is 59.4. The fraction of sp³-hybridized carbons (Fsp3) is 0.277. The number of rotatable bonds is 17. The number of esters is 1. The summed E-state index contributed by atoms with van der Waals surface area (Å²) in [5, 5.41) is 24.7. The van der Waals surface area contributed by atoms with E-state index < -0.39 is 71.0 Å². The Morgan fingerprint density at radius 2 is 1.01 bits per heavy atom. The number of ether oxygens (including phenoxy) is 1. The molecule has 0 saturated heterocycles. The van der Waals surface area contributed by atoms with Gasteiger partial charge in [-0.2, -0.15) is 36.9 Å². The second-order valence-corrected chi connectivity index (χ2v) is 22.6. The topological polar surface area (TPSA) is 179 Å². The van der Waals surface area contributed by atoms with Crippen LogP contribution in [0.4, 0.5) is 47.3 Å². The van der Waals surface area contributed by atoms with Gasteiger partial charge < -0.3 is 29.7 Å². The van der Waals surface area contributed by atoms with E-state index in [0.717, 1.165) is 50.8 Å². The van der Waals surface area contributed by atoms with Gasteiger partial charge in [0, 0.05) is 31.5 Å². The predicted molar refractivity (Wildman–Crippen MR) is 305 cm³/mol. The Morgan fingerprint density at radius 3 is 1.42 bits per heavy atom. The van der Waals surface area contributed by atoms with E-state index in [-0.39, 0.29) is 104 Å². The molecule has 0 unspecified atom stereocenters. The van der Waals surface area contributed by atoms with E-state index in [4.69, 9.17) is 4.74 Å². The van der Waals surface area contributed by atoms with Crippen LogP contribution in [0.25, 0.3) is 11.1 Å². The fourth-order valence-electron chi connectivity index (χ4n) is 11.7. The van der Waals surface area contributed by atoms with Crippen molar-refractivity contribution in [3.8, 4) is 23.3 Å². The van der Waals surface area contributed by atoms with Crippen molar-refractivity contribution < 1.29 is 59.5 Å². The molecule has 6 amide bonds. The minimum Gasteiger partial charge on any atom is -0.456 e. The van der Waals surface area contributed by atoms with E-state index in [1.807, 2.05) is 66.7 Å². The molecule has 4 aliphatic heterocycles. The number of quaternary nitrogens is 1. The van der Waals surface area contributed by atoms with Gasteiger partial charge in [-0.1, -0.05) is 91.0 Å². The molecule has 6 aromatic rings. The summed E-state index contributed by atoms with van der Waals surface area (Å²) in [7, 11) is 0. The lowest BCUT2D eigenvalue weighted by Crippen LogP contribution is -2.54. The maximum atomic E-state index is 14.9. The number of hydrogen-bond acceptors (Lipinski definition) is 8. The molecule has 0 fully saturated rings. The number of anilines is 2. The monoisotopic (exact) mass is 1170 g/mol. The van der Waals surface area contributed by atoms with Crippen LogP contribution in [0.15, 0.2) is 174 Å². The van der Waals surface area contributed by atoms with Gasteiger partial charge in [-0.15, -0.1) is 0 Å². The Bertz CT molecular complexity index is 3590. The van der Waals surface area contributed by atoms with Crippen molar-refractivity contribution in [2.24, 2.45) is 0 Å². The normalized spacial score (nSPS) is 17.3. The van der Waals surface area contributed by atoms with E-state index in [0.29, 0.717) is 22.3 Å². The summed E-state index contributed by atoms with van der Waals surface area (Å²) in [6.07, 6.45) is -9.04. The molecule has 0 aromatic heterocycles. The SMILES string of the molecule is CC(C)(C)OC(=O)C[N+](CCCN1CC2=C(C1=O)[C@@H](c1ccc(C#N)cc1)NC(=O)N2c1cccc(C(F)(F)F)c1)(CCCN1CC2=C(C1=O)[C@@H](c1ccc(C#N)cc1)NC(=O)N2c1cccc(C(F)(F)F)c1)Cc1ccc(-c2ccccc2)cc1. The van der Waals surface area contributed by atoms with Crippen LogP contribution in [0.5, 0.6) is 0 Å². The molecule has 0 radical (unpaired) electrons. The van der Waals surface area contributed by atoms with Crippen molar-refractivity contribution in [3.63, 3.8) is 0 Å². The molecule has 86 heavy (non-hydrogen) atoms. The van der Waals surface area contributed by atoms with Crippen LogP contribution in [0.2, 0.25) is 0 Å². The minimum atomic E-state index is -4.75. The van der Waals surface area contributed by atoms with Crippen LogP contribution < -0.4 is 20.4 Å². The molecule has 0 saturated carbocycles. The van der Waals surface area contributed by atoms with Gasteiger partial charge in [-0.3, -0.25) is 19.4 Å². The number of benzene rings is 6. The third-order valence-corrected chi connectivity index (χ3v) is 15.6. The number of hydrogen-bond donors (Lipinski definition) is 2. The number of nitrogens with zero attached hydrogens (tertiary/aromatic N) is 7.